The number of anilines is 1. The van der Waals surface area contributed by atoms with Gasteiger partial charge in [-0.2, -0.15) is 11.8 Å². The molecular weight excluding hydrogens is 218 g/mol. The molecule has 1 aromatic rings. The molecule has 1 aliphatic rings. The van der Waals surface area contributed by atoms with Crippen molar-refractivity contribution in [2.24, 2.45) is 0 Å². The van der Waals surface area contributed by atoms with E-state index >= 15 is 0 Å². The summed E-state index contributed by atoms with van der Waals surface area (Å²) in [5, 5.41) is 4.24. The number of aryl methyl sites for hydroxylation is 1. The van der Waals surface area contributed by atoms with E-state index in [1.807, 2.05) is 31.1 Å². The highest BCUT2D eigenvalue weighted by molar-refractivity contribution is 7.99. The highest BCUT2D eigenvalue weighted by atomic mass is 32.2. The first-order chi connectivity index (χ1) is 7.78. The predicted octanol–water partition coefficient (Wildman–Crippen LogP) is 2.87. The van der Waals surface area contributed by atoms with Gasteiger partial charge >= 0.3 is 0 Å². The number of rotatable bonds is 3. The number of hydrogen-bond acceptors (Lipinski definition) is 4. The minimum Gasteiger partial charge on any atom is -0.351 e. The number of nitrogens with one attached hydrogen (secondary N) is 1. The van der Waals surface area contributed by atoms with Crippen molar-refractivity contribution >= 4 is 17.7 Å². The van der Waals surface area contributed by atoms with E-state index in [4.69, 9.17) is 0 Å². The first-order valence-corrected chi connectivity index (χ1v) is 7.14. The Morgan fingerprint density at radius 2 is 2.06 bits per heavy atom. The maximum atomic E-state index is 4.29. The lowest BCUT2D eigenvalue weighted by Gasteiger charge is -2.28. The first kappa shape index (κ1) is 11.7. The van der Waals surface area contributed by atoms with Crippen LogP contribution in [0.15, 0.2) is 12.4 Å². The van der Waals surface area contributed by atoms with Crippen molar-refractivity contribution in [1.29, 1.82) is 0 Å². The summed E-state index contributed by atoms with van der Waals surface area (Å²) in [7, 11) is 0. The van der Waals surface area contributed by atoms with Crippen LogP contribution in [0.1, 0.15) is 31.2 Å². The van der Waals surface area contributed by atoms with Crippen LogP contribution in [0.5, 0.6) is 0 Å². The van der Waals surface area contributed by atoms with Crippen LogP contribution >= 0.6 is 11.8 Å². The molecule has 3 nitrogen and oxygen atoms in total. The van der Waals surface area contributed by atoms with Gasteiger partial charge < -0.3 is 5.32 Å². The van der Waals surface area contributed by atoms with Gasteiger partial charge in [-0.25, -0.2) is 9.97 Å². The van der Waals surface area contributed by atoms with Gasteiger partial charge in [0.05, 0.1) is 0 Å². The molecule has 88 valence electrons. The molecule has 0 bridgehead atoms. The van der Waals surface area contributed by atoms with Crippen LogP contribution in [0.25, 0.3) is 0 Å². The number of aromatic nitrogens is 2. The minimum absolute atomic E-state index is 0.550. The highest BCUT2D eigenvalue weighted by Crippen LogP contribution is 2.28. The average molecular weight is 237 g/mol. The molecule has 1 N–H and O–H groups in total. The van der Waals surface area contributed by atoms with Gasteiger partial charge in [-0.1, -0.05) is 6.42 Å². The quantitative estimate of drug-likeness (QED) is 0.877. The lowest BCUT2D eigenvalue weighted by molar-refractivity contribution is 0.471. The normalized spacial score (nSPS) is 25.4. The molecule has 4 heteroatoms. The largest absolute Gasteiger partial charge is 0.351 e. The van der Waals surface area contributed by atoms with Crippen LogP contribution in [0, 0.1) is 6.92 Å². The van der Waals surface area contributed by atoms with Gasteiger partial charge in [0.2, 0.25) is 5.95 Å². The van der Waals surface area contributed by atoms with Gasteiger partial charge in [0.25, 0.3) is 0 Å². The van der Waals surface area contributed by atoms with Gasteiger partial charge in [-0.05, 0) is 38.0 Å². The van der Waals surface area contributed by atoms with Gasteiger partial charge in [-0.15, -0.1) is 0 Å². The fourth-order valence-electron chi connectivity index (χ4n) is 2.14. The topological polar surface area (TPSA) is 37.8 Å². The van der Waals surface area contributed by atoms with Crippen LogP contribution in [-0.4, -0.2) is 27.5 Å². The summed E-state index contributed by atoms with van der Waals surface area (Å²) in [6.07, 6.45) is 11.1. The summed E-state index contributed by atoms with van der Waals surface area (Å²) >= 11 is 1.98. The zero-order chi connectivity index (χ0) is 11.4. The standard InChI is InChI=1S/C12H19N3S/c1-9-7-13-12(14-8-9)15-10-4-3-5-11(6-10)16-2/h7-8,10-11H,3-6H2,1-2H3,(H,13,14,15). The van der Waals surface area contributed by atoms with E-state index in [-0.39, 0.29) is 0 Å². The van der Waals surface area contributed by atoms with Gasteiger partial charge in [0.15, 0.2) is 0 Å². The summed E-state index contributed by atoms with van der Waals surface area (Å²) < 4.78 is 0. The second kappa shape index (κ2) is 5.53. The maximum absolute atomic E-state index is 4.29. The number of hydrogen-bond donors (Lipinski definition) is 1. The highest BCUT2D eigenvalue weighted by Gasteiger charge is 2.21. The maximum Gasteiger partial charge on any atom is 0.222 e. The second-order valence-corrected chi connectivity index (χ2v) is 5.59. The van der Waals surface area contributed by atoms with Crippen LogP contribution in [0.2, 0.25) is 0 Å². The van der Waals surface area contributed by atoms with Crippen LogP contribution in [-0.2, 0) is 0 Å². The molecule has 0 amide bonds. The second-order valence-electron chi connectivity index (χ2n) is 4.45. The van der Waals surface area contributed by atoms with Crippen molar-refractivity contribution in [3.05, 3.63) is 18.0 Å². The summed E-state index contributed by atoms with van der Waals surface area (Å²) in [6.45, 7) is 2.01. The van der Waals surface area contributed by atoms with E-state index in [0.717, 1.165) is 16.8 Å². The SMILES string of the molecule is CSC1CCCC(Nc2ncc(C)cn2)C1. The van der Waals surface area contributed by atoms with Gasteiger partial charge in [0.1, 0.15) is 0 Å². The summed E-state index contributed by atoms with van der Waals surface area (Å²) in [5.74, 6) is 0.775. The molecule has 2 unspecified atom stereocenters. The Bertz CT molecular complexity index is 326. The van der Waals surface area contributed by atoms with Crippen molar-refractivity contribution in [3.63, 3.8) is 0 Å². The lowest BCUT2D eigenvalue weighted by atomic mass is 9.95. The fourth-order valence-corrected chi connectivity index (χ4v) is 2.97. The Morgan fingerprint density at radius 3 is 2.75 bits per heavy atom. The Kier molecular flexibility index (Phi) is 4.04. The third-order valence-electron chi connectivity index (χ3n) is 3.07. The zero-order valence-corrected chi connectivity index (χ0v) is 10.8. The monoisotopic (exact) mass is 237 g/mol. The molecule has 0 aromatic carbocycles. The van der Waals surface area contributed by atoms with Crippen molar-refractivity contribution in [2.75, 3.05) is 11.6 Å². The molecule has 0 radical (unpaired) electrons. The van der Waals surface area contributed by atoms with Crippen LogP contribution in [0.4, 0.5) is 5.95 Å². The fraction of sp³-hybridized carbons (Fsp3) is 0.667. The number of nitrogens with zero attached hydrogens (tertiary/aromatic N) is 2. The molecule has 1 aromatic heterocycles. The van der Waals surface area contributed by atoms with E-state index in [2.05, 4.69) is 21.5 Å². The van der Waals surface area contributed by atoms with Crippen molar-refractivity contribution in [3.8, 4) is 0 Å². The third kappa shape index (κ3) is 3.11. The summed E-state index contributed by atoms with van der Waals surface area (Å²) in [6, 6.07) is 0.550. The molecular formula is C12H19N3S. The summed E-state index contributed by atoms with van der Waals surface area (Å²) in [5.41, 5.74) is 1.11. The molecule has 0 saturated heterocycles. The Labute approximate surface area is 101 Å². The molecule has 1 aliphatic carbocycles. The van der Waals surface area contributed by atoms with Gasteiger partial charge in [-0.3, -0.25) is 0 Å². The number of thioether (sulfide) groups is 1. The van der Waals surface area contributed by atoms with Gasteiger partial charge in [0, 0.05) is 23.7 Å². The predicted molar refractivity (Wildman–Crippen MR) is 70.0 cm³/mol. The minimum atomic E-state index is 0.550. The molecule has 16 heavy (non-hydrogen) atoms. The van der Waals surface area contributed by atoms with E-state index in [1.54, 1.807) is 0 Å². The zero-order valence-electron chi connectivity index (χ0n) is 9.94. The molecule has 1 fully saturated rings. The van der Waals surface area contributed by atoms with Crippen LogP contribution < -0.4 is 5.32 Å². The molecule has 0 spiro atoms. The van der Waals surface area contributed by atoms with Crippen LogP contribution in [0.3, 0.4) is 0 Å². The van der Waals surface area contributed by atoms with E-state index in [1.165, 1.54) is 25.7 Å². The molecule has 2 atom stereocenters. The molecule has 1 saturated carbocycles. The lowest BCUT2D eigenvalue weighted by Crippen LogP contribution is -2.29. The first-order valence-electron chi connectivity index (χ1n) is 5.86. The van der Waals surface area contributed by atoms with Crippen molar-refractivity contribution in [1.82, 2.24) is 9.97 Å². The van der Waals surface area contributed by atoms with E-state index in [0.29, 0.717) is 6.04 Å². The average Bonchev–Trinajstić information content (AvgIpc) is 2.32. The Hall–Kier alpha value is -0.770. The third-order valence-corrected chi connectivity index (χ3v) is 4.17. The molecule has 2 rings (SSSR count). The molecule has 1 heterocycles. The van der Waals surface area contributed by atoms with E-state index < -0.39 is 0 Å². The Morgan fingerprint density at radius 1 is 1.31 bits per heavy atom. The Balaban J connectivity index is 1.91. The van der Waals surface area contributed by atoms with Crippen molar-refractivity contribution in [2.45, 2.75) is 43.9 Å². The van der Waals surface area contributed by atoms with E-state index in [9.17, 15) is 0 Å². The molecule has 0 aliphatic heterocycles. The van der Waals surface area contributed by atoms with Crippen molar-refractivity contribution < 1.29 is 0 Å². The smallest absolute Gasteiger partial charge is 0.222 e. The summed E-state index contributed by atoms with van der Waals surface area (Å²) in [4.78, 5) is 8.59.